The first-order valence-electron chi connectivity index (χ1n) is 12.1. The molecule has 10 heteroatoms. The molecule has 1 aromatic heterocycles. The second-order valence-corrected chi connectivity index (χ2v) is 9.28. The van der Waals surface area contributed by atoms with Crippen LogP contribution in [0.1, 0.15) is 18.1 Å². The average Bonchev–Trinajstić information content (AvgIpc) is 3.38. The third-order valence-corrected chi connectivity index (χ3v) is 6.79. The summed E-state index contributed by atoms with van der Waals surface area (Å²) in [5, 5.41) is 19.0. The average molecular weight is 548 g/mol. The number of aromatic nitrogens is 3. The molecule has 0 aliphatic rings. The Hall–Kier alpha value is -4.44. The van der Waals surface area contributed by atoms with Crippen molar-refractivity contribution in [1.82, 2.24) is 14.8 Å². The van der Waals surface area contributed by atoms with Crippen molar-refractivity contribution in [2.45, 2.75) is 25.2 Å². The number of hydrogen-bond donors (Lipinski definition) is 1. The smallest absolute Gasteiger partial charge is 0.342 e. The molecular weight excluding hydrogens is 518 g/mol. The normalized spacial score (nSPS) is 11.2. The van der Waals surface area contributed by atoms with Gasteiger partial charge in [-0.15, -0.1) is 10.2 Å². The van der Waals surface area contributed by atoms with E-state index in [1.165, 1.54) is 0 Å². The van der Waals surface area contributed by atoms with Crippen molar-refractivity contribution < 1.29 is 28.8 Å². The molecule has 0 atom stereocenters. The Morgan fingerprint density at radius 3 is 2.05 bits per heavy atom. The van der Waals surface area contributed by atoms with Gasteiger partial charge < -0.3 is 28.6 Å². The summed E-state index contributed by atoms with van der Waals surface area (Å²) < 4.78 is 23.6. The van der Waals surface area contributed by atoms with E-state index in [4.69, 9.17) is 18.9 Å². The summed E-state index contributed by atoms with van der Waals surface area (Å²) in [5.41, 5.74) is 2.48. The molecule has 4 rings (SSSR count). The number of aliphatic carboxylic acids is 1. The summed E-state index contributed by atoms with van der Waals surface area (Å²) in [4.78, 5) is 12.2. The Bertz CT molecular complexity index is 1430. The number of thioether (sulfide) groups is 1. The molecule has 0 spiro atoms. The summed E-state index contributed by atoms with van der Waals surface area (Å²) >= 11 is 1.04. The Morgan fingerprint density at radius 2 is 1.49 bits per heavy atom. The molecule has 39 heavy (non-hydrogen) atoms. The van der Waals surface area contributed by atoms with Crippen molar-refractivity contribution in [3.63, 3.8) is 0 Å². The monoisotopic (exact) mass is 547 g/mol. The van der Waals surface area contributed by atoms with Crippen LogP contribution < -0.4 is 18.9 Å². The Kier molecular flexibility index (Phi) is 9.11. The number of carboxylic acids is 1. The molecule has 1 N–H and O–H groups in total. The maximum Gasteiger partial charge on any atom is 0.342 e. The highest BCUT2D eigenvalue weighted by Gasteiger charge is 2.19. The van der Waals surface area contributed by atoms with E-state index in [0.717, 1.165) is 34.2 Å². The minimum Gasteiger partial charge on any atom is -0.497 e. The molecule has 0 unspecified atom stereocenters. The Balaban J connectivity index is 1.51. The van der Waals surface area contributed by atoms with Gasteiger partial charge in [-0.1, -0.05) is 24.3 Å². The van der Waals surface area contributed by atoms with Crippen LogP contribution in [0.2, 0.25) is 0 Å². The standard InChI is InChI=1S/C29H29N3O6S/c1-5-32-27(21-15-24(36-3)17-25(16-21)37-4)30-31-29(32)39-26(28(33)34)14-19-6-12-23(13-7-19)38-18-20-8-10-22(35-2)11-9-20/h6-17H,5,18H2,1-4H3,(H,33,34)/b26-14-. The second kappa shape index (κ2) is 12.9. The zero-order chi connectivity index (χ0) is 27.8. The van der Waals surface area contributed by atoms with Crippen LogP contribution in [0.3, 0.4) is 0 Å². The number of nitrogens with zero attached hydrogens (tertiary/aromatic N) is 3. The summed E-state index contributed by atoms with van der Waals surface area (Å²) in [6.45, 7) is 2.89. The molecule has 202 valence electrons. The van der Waals surface area contributed by atoms with Gasteiger partial charge >= 0.3 is 5.97 Å². The van der Waals surface area contributed by atoms with Gasteiger partial charge in [-0.05, 0) is 72.3 Å². The van der Waals surface area contributed by atoms with Gasteiger partial charge in [0.1, 0.15) is 34.5 Å². The van der Waals surface area contributed by atoms with E-state index in [1.54, 1.807) is 33.5 Å². The molecule has 0 bridgehead atoms. The Morgan fingerprint density at radius 1 is 0.872 bits per heavy atom. The highest BCUT2D eigenvalue weighted by Crippen LogP contribution is 2.33. The first-order chi connectivity index (χ1) is 18.9. The van der Waals surface area contributed by atoms with Gasteiger partial charge in [0.2, 0.25) is 0 Å². The fourth-order valence-electron chi connectivity index (χ4n) is 3.73. The summed E-state index contributed by atoms with van der Waals surface area (Å²) in [6.07, 6.45) is 1.60. The zero-order valence-corrected chi connectivity index (χ0v) is 22.9. The SMILES string of the molecule is CCn1c(S/C(=C\c2ccc(OCc3ccc(OC)cc3)cc2)C(=O)O)nnc1-c1cc(OC)cc(OC)c1. The maximum absolute atomic E-state index is 12.1. The molecule has 3 aromatic carbocycles. The van der Waals surface area contributed by atoms with Gasteiger partial charge in [0.25, 0.3) is 0 Å². The van der Waals surface area contributed by atoms with Gasteiger partial charge in [-0.25, -0.2) is 4.79 Å². The highest BCUT2D eigenvalue weighted by atomic mass is 32.2. The molecule has 0 aliphatic carbocycles. The summed E-state index contributed by atoms with van der Waals surface area (Å²) in [7, 11) is 4.78. The van der Waals surface area contributed by atoms with E-state index < -0.39 is 5.97 Å². The number of carboxylic acid groups (broad SMARTS) is 1. The lowest BCUT2D eigenvalue weighted by atomic mass is 10.2. The predicted octanol–water partition coefficient (Wildman–Crippen LogP) is 5.79. The van der Waals surface area contributed by atoms with Crippen LogP contribution in [0.4, 0.5) is 0 Å². The number of rotatable bonds is 12. The first kappa shape index (κ1) is 27.6. The van der Waals surface area contributed by atoms with E-state index in [-0.39, 0.29) is 4.91 Å². The predicted molar refractivity (Wildman–Crippen MR) is 149 cm³/mol. The summed E-state index contributed by atoms with van der Waals surface area (Å²) in [6, 6.07) is 20.3. The molecule has 0 fully saturated rings. The van der Waals surface area contributed by atoms with Crippen LogP contribution in [0.15, 0.2) is 76.8 Å². The lowest BCUT2D eigenvalue weighted by molar-refractivity contribution is -0.131. The number of hydrogen-bond acceptors (Lipinski definition) is 8. The molecule has 1 heterocycles. The third kappa shape index (κ3) is 6.91. The van der Waals surface area contributed by atoms with Gasteiger partial charge in [0, 0.05) is 18.2 Å². The second-order valence-electron chi connectivity index (χ2n) is 8.27. The van der Waals surface area contributed by atoms with Crippen LogP contribution in [0.5, 0.6) is 23.0 Å². The minimum atomic E-state index is -1.06. The van der Waals surface area contributed by atoms with Crippen molar-refractivity contribution >= 4 is 23.8 Å². The van der Waals surface area contributed by atoms with E-state index in [1.807, 2.05) is 72.2 Å². The van der Waals surface area contributed by atoms with E-state index >= 15 is 0 Å². The topological polar surface area (TPSA) is 105 Å². The van der Waals surface area contributed by atoms with Crippen molar-refractivity contribution in [3.05, 3.63) is 82.8 Å². The number of ether oxygens (including phenoxy) is 4. The van der Waals surface area contributed by atoms with Crippen LogP contribution in [-0.4, -0.2) is 47.2 Å². The molecule has 4 aromatic rings. The molecule has 0 saturated heterocycles. The van der Waals surface area contributed by atoms with Crippen molar-refractivity contribution in [2.24, 2.45) is 0 Å². The lowest BCUT2D eigenvalue weighted by Gasteiger charge is -2.10. The van der Waals surface area contributed by atoms with E-state index in [9.17, 15) is 9.90 Å². The van der Waals surface area contributed by atoms with Crippen molar-refractivity contribution in [3.8, 4) is 34.4 Å². The minimum absolute atomic E-state index is 0.110. The molecule has 0 aliphatic heterocycles. The maximum atomic E-state index is 12.1. The molecular formula is C29H29N3O6S. The van der Waals surface area contributed by atoms with Gasteiger partial charge in [0.15, 0.2) is 11.0 Å². The number of benzene rings is 3. The van der Waals surface area contributed by atoms with Crippen LogP contribution in [0.25, 0.3) is 17.5 Å². The van der Waals surface area contributed by atoms with Crippen LogP contribution in [-0.2, 0) is 17.9 Å². The fraction of sp³-hybridized carbons (Fsp3) is 0.207. The Labute approximate surface area is 231 Å². The third-order valence-electron chi connectivity index (χ3n) is 5.80. The fourth-order valence-corrected chi connectivity index (χ4v) is 4.62. The molecule has 9 nitrogen and oxygen atoms in total. The van der Waals surface area contributed by atoms with Gasteiger partial charge in [0.05, 0.1) is 21.3 Å². The van der Waals surface area contributed by atoms with Crippen LogP contribution in [0, 0.1) is 0 Å². The van der Waals surface area contributed by atoms with Crippen LogP contribution >= 0.6 is 11.8 Å². The van der Waals surface area contributed by atoms with E-state index in [2.05, 4.69) is 10.2 Å². The molecule has 0 amide bonds. The summed E-state index contributed by atoms with van der Waals surface area (Å²) in [5.74, 6) is 2.22. The molecule has 0 saturated carbocycles. The van der Waals surface area contributed by atoms with Gasteiger partial charge in [-0.2, -0.15) is 0 Å². The largest absolute Gasteiger partial charge is 0.497 e. The lowest BCUT2D eigenvalue weighted by Crippen LogP contribution is -2.03. The first-order valence-corrected chi connectivity index (χ1v) is 12.9. The molecule has 0 radical (unpaired) electrons. The van der Waals surface area contributed by atoms with E-state index in [0.29, 0.717) is 41.4 Å². The number of methoxy groups -OCH3 is 3. The van der Waals surface area contributed by atoms with Crippen molar-refractivity contribution in [1.29, 1.82) is 0 Å². The highest BCUT2D eigenvalue weighted by molar-refractivity contribution is 8.04. The van der Waals surface area contributed by atoms with Gasteiger partial charge in [-0.3, -0.25) is 0 Å². The number of carbonyl (C=O) groups is 1. The zero-order valence-electron chi connectivity index (χ0n) is 22.1. The van der Waals surface area contributed by atoms with Crippen molar-refractivity contribution in [2.75, 3.05) is 21.3 Å². The quantitative estimate of drug-likeness (QED) is 0.174.